The number of aliphatic hydroxyl groups excluding tert-OH is 2. The van der Waals surface area contributed by atoms with Crippen LogP contribution in [0.25, 0.3) is 0 Å². The second-order valence-corrected chi connectivity index (χ2v) is 7.79. The van der Waals surface area contributed by atoms with E-state index >= 15 is 0 Å². The number of likely N-dealkylation sites (tertiary alicyclic amines) is 1. The van der Waals surface area contributed by atoms with Crippen LogP contribution in [0.3, 0.4) is 0 Å². The number of aliphatic hydroxyl groups is 2. The summed E-state index contributed by atoms with van der Waals surface area (Å²) in [5.74, 6) is -2.45. The highest BCUT2D eigenvalue weighted by Crippen LogP contribution is 2.22. The summed E-state index contributed by atoms with van der Waals surface area (Å²) in [5.41, 5.74) is 11.0. The van der Waals surface area contributed by atoms with Gasteiger partial charge in [0.2, 0.25) is 23.6 Å². The van der Waals surface area contributed by atoms with Gasteiger partial charge in [-0.2, -0.15) is 0 Å². The molecule has 0 aliphatic carbocycles. The van der Waals surface area contributed by atoms with Gasteiger partial charge in [0.25, 0.3) is 0 Å². The predicted octanol–water partition coefficient (Wildman–Crippen LogP) is -2.34. The number of hydrogen-bond donors (Lipinski definition) is 5. The molecule has 1 rings (SSSR count). The third-order valence-electron chi connectivity index (χ3n) is 5.31. The smallest absolute Gasteiger partial charge is 0.246 e. The van der Waals surface area contributed by atoms with Gasteiger partial charge in [-0.25, -0.2) is 0 Å². The first-order chi connectivity index (χ1) is 13.9. The Bertz CT molecular complexity index is 641. The van der Waals surface area contributed by atoms with Crippen LogP contribution in [-0.2, 0) is 19.2 Å². The Balaban J connectivity index is 3.01. The van der Waals surface area contributed by atoms with Crippen molar-refractivity contribution in [2.75, 3.05) is 13.1 Å². The number of nitrogens with zero attached hydrogens (tertiary/aromatic N) is 2. The molecule has 4 amide bonds. The number of carbonyl (C=O) groups excluding carboxylic acids is 4. The van der Waals surface area contributed by atoms with E-state index in [-0.39, 0.29) is 6.54 Å². The van der Waals surface area contributed by atoms with Crippen molar-refractivity contribution >= 4 is 23.6 Å². The maximum absolute atomic E-state index is 13.2. The third kappa shape index (κ3) is 6.13. The average molecular weight is 430 g/mol. The molecule has 0 saturated carbocycles. The predicted molar refractivity (Wildman–Crippen MR) is 109 cm³/mol. The third-order valence-corrected chi connectivity index (χ3v) is 5.31. The molecule has 1 aliphatic heterocycles. The van der Waals surface area contributed by atoms with Crippen molar-refractivity contribution in [3.05, 3.63) is 0 Å². The number of nitrogens with one attached hydrogen (secondary N) is 1. The van der Waals surface area contributed by atoms with Crippen molar-refractivity contribution in [1.29, 1.82) is 0 Å². The number of hydrogen-bond acceptors (Lipinski definition) is 7. The van der Waals surface area contributed by atoms with Crippen molar-refractivity contribution in [3.8, 4) is 0 Å². The molecule has 1 saturated heterocycles. The van der Waals surface area contributed by atoms with E-state index in [2.05, 4.69) is 5.32 Å². The fraction of sp³-hybridized carbons (Fsp3) is 0.789. The van der Waals surface area contributed by atoms with E-state index in [4.69, 9.17) is 11.5 Å². The van der Waals surface area contributed by atoms with E-state index in [1.54, 1.807) is 0 Å². The summed E-state index contributed by atoms with van der Waals surface area (Å²) in [5, 5.41) is 21.7. The first-order valence-corrected chi connectivity index (χ1v) is 10.3. The van der Waals surface area contributed by atoms with E-state index in [0.29, 0.717) is 25.8 Å². The molecule has 6 atom stereocenters. The van der Waals surface area contributed by atoms with E-state index < -0.39 is 60.0 Å². The van der Waals surface area contributed by atoms with Crippen LogP contribution in [0.5, 0.6) is 0 Å². The Hall–Kier alpha value is -2.24. The summed E-state index contributed by atoms with van der Waals surface area (Å²) in [7, 11) is 0. The van der Waals surface area contributed by atoms with E-state index in [1.807, 2.05) is 6.92 Å². The first-order valence-electron chi connectivity index (χ1n) is 10.3. The Morgan fingerprint density at radius 3 is 2.23 bits per heavy atom. The molecule has 0 aromatic rings. The topological polar surface area (TPSA) is 179 Å². The summed E-state index contributed by atoms with van der Waals surface area (Å²) in [6, 6.07) is -4.16. The summed E-state index contributed by atoms with van der Waals surface area (Å²) >= 11 is 0. The number of amides is 4. The van der Waals surface area contributed by atoms with Crippen LogP contribution >= 0.6 is 0 Å². The van der Waals surface area contributed by atoms with Gasteiger partial charge in [-0.05, 0) is 40.0 Å². The maximum Gasteiger partial charge on any atom is 0.246 e. The molecule has 0 aromatic carbocycles. The van der Waals surface area contributed by atoms with E-state index in [0.717, 1.165) is 0 Å². The highest BCUT2D eigenvalue weighted by Gasteiger charge is 2.41. The van der Waals surface area contributed by atoms with Gasteiger partial charge in [0, 0.05) is 13.1 Å². The molecule has 0 aromatic heterocycles. The summed E-state index contributed by atoms with van der Waals surface area (Å²) < 4.78 is 0. The SMILES string of the molecule is CCCN(C(=O)[C@@H]1CCCN1C(=O)[C@@H](N)[C@@H](C)O)[C@@H](C)C(=O)N[C@H](C(N)=O)[C@@H](C)O. The van der Waals surface area contributed by atoms with Gasteiger partial charge in [-0.3, -0.25) is 19.2 Å². The molecule has 172 valence electrons. The molecule has 0 bridgehead atoms. The van der Waals surface area contributed by atoms with Gasteiger partial charge < -0.3 is 36.8 Å². The molecule has 1 fully saturated rings. The molecule has 0 spiro atoms. The summed E-state index contributed by atoms with van der Waals surface area (Å²) in [6.45, 7) is 6.66. The second kappa shape index (κ2) is 11.2. The van der Waals surface area contributed by atoms with Crippen molar-refractivity contribution in [2.45, 2.75) is 83.3 Å². The Labute approximate surface area is 176 Å². The molecule has 7 N–H and O–H groups in total. The number of carbonyl (C=O) groups is 4. The molecule has 11 nitrogen and oxygen atoms in total. The van der Waals surface area contributed by atoms with Crippen molar-refractivity contribution in [2.24, 2.45) is 11.5 Å². The van der Waals surface area contributed by atoms with Crippen LogP contribution in [0.1, 0.15) is 47.0 Å². The average Bonchev–Trinajstić information content (AvgIpc) is 3.16. The number of rotatable bonds is 10. The van der Waals surface area contributed by atoms with Gasteiger partial charge >= 0.3 is 0 Å². The number of primary amides is 1. The van der Waals surface area contributed by atoms with Crippen LogP contribution in [0.15, 0.2) is 0 Å². The fourth-order valence-corrected chi connectivity index (χ4v) is 3.46. The Morgan fingerprint density at radius 2 is 1.77 bits per heavy atom. The lowest BCUT2D eigenvalue weighted by Crippen LogP contribution is -2.59. The molecule has 1 aliphatic rings. The van der Waals surface area contributed by atoms with Crippen LogP contribution in [0.2, 0.25) is 0 Å². The standard InChI is InChI=1S/C19H35N5O6/c1-5-8-23(10(2)17(28)22-15(12(4)26)16(21)27)18(29)13-7-6-9-24(13)19(30)14(20)11(3)25/h10-15,25-26H,5-9,20H2,1-4H3,(H2,21,27)(H,22,28)/t10-,11+,12+,13-,14-,15-/m0/s1. The molecular formula is C19H35N5O6. The lowest BCUT2D eigenvalue weighted by atomic mass is 10.1. The van der Waals surface area contributed by atoms with Gasteiger partial charge in [-0.1, -0.05) is 6.92 Å². The minimum Gasteiger partial charge on any atom is -0.391 e. The molecular weight excluding hydrogens is 394 g/mol. The van der Waals surface area contributed by atoms with Crippen LogP contribution in [0, 0.1) is 0 Å². The number of nitrogens with two attached hydrogens (primary N) is 2. The monoisotopic (exact) mass is 429 g/mol. The highest BCUT2D eigenvalue weighted by atomic mass is 16.3. The van der Waals surface area contributed by atoms with E-state index in [9.17, 15) is 29.4 Å². The minimum atomic E-state index is -1.29. The van der Waals surface area contributed by atoms with Crippen molar-refractivity contribution in [3.63, 3.8) is 0 Å². The zero-order valence-electron chi connectivity index (χ0n) is 18.1. The zero-order chi connectivity index (χ0) is 23.2. The van der Waals surface area contributed by atoms with Gasteiger partial charge in [0.15, 0.2) is 0 Å². The van der Waals surface area contributed by atoms with Gasteiger partial charge in [0.05, 0.1) is 12.2 Å². The van der Waals surface area contributed by atoms with Crippen molar-refractivity contribution in [1.82, 2.24) is 15.1 Å². The first kappa shape index (κ1) is 25.8. The summed E-state index contributed by atoms with van der Waals surface area (Å²) in [6.07, 6.45) is -0.674. The molecule has 11 heteroatoms. The summed E-state index contributed by atoms with van der Waals surface area (Å²) in [4.78, 5) is 52.7. The molecule has 0 unspecified atom stereocenters. The Morgan fingerprint density at radius 1 is 1.17 bits per heavy atom. The molecule has 0 radical (unpaired) electrons. The second-order valence-electron chi connectivity index (χ2n) is 7.79. The quantitative estimate of drug-likeness (QED) is 0.258. The lowest BCUT2D eigenvalue weighted by molar-refractivity contribution is -0.149. The van der Waals surface area contributed by atoms with E-state index in [1.165, 1.54) is 30.6 Å². The zero-order valence-corrected chi connectivity index (χ0v) is 18.1. The fourth-order valence-electron chi connectivity index (χ4n) is 3.46. The minimum absolute atomic E-state index is 0.254. The highest BCUT2D eigenvalue weighted by molar-refractivity contribution is 5.95. The maximum atomic E-state index is 13.2. The van der Waals surface area contributed by atoms with Crippen molar-refractivity contribution < 1.29 is 29.4 Å². The van der Waals surface area contributed by atoms with Gasteiger partial charge in [-0.15, -0.1) is 0 Å². The largest absolute Gasteiger partial charge is 0.391 e. The lowest BCUT2D eigenvalue weighted by Gasteiger charge is -2.35. The molecule has 30 heavy (non-hydrogen) atoms. The van der Waals surface area contributed by atoms with Crippen LogP contribution in [-0.4, -0.2) is 93.1 Å². The normalized spacial score (nSPS) is 21.3. The van der Waals surface area contributed by atoms with Crippen LogP contribution in [0.4, 0.5) is 0 Å². The van der Waals surface area contributed by atoms with Crippen LogP contribution < -0.4 is 16.8 Å². The van der Waals surface area contributed by atoms with Gasteiger partial charge in [0.1, 0.15) is 24.2 Å². The Kier molecular flexibility index (Phi) is 9.66. The molecule has 1 heterocycles.